The molecule has 0 aliphatic rings. The Kier molecular flexibility index (Phi) is 3.96. The molecular weight excluding hydrogens is 274 g/mol. The van der Waals surface area contributed by atoms with Crippen LogP contribution in [0.15, 0.2) is 35.4 Å². The molecule has 0 saturated heterocycles. The number of hydrogen-bond acceptors (Lipinski definition) is 3. The number of benzene rings is 1. The van der Waals surface area contributed by atoms with Gasteiger partial charge in [0.2, 0.25) is 10.0 Å². The third-order valence-corrected chi connectivity index (χ3v) is 5.13. The maximum absolute atomic E-state index is 12.6. The summed E-state index contributed by atoms with van der Waals surface area (Å²) in [6.45, 7) is 3.95. The van der Waals surface area contributed by atoms with Crippen LogP contribution in [0.1, 0.15) is 16.8 Å². The van der Waals surface area contributed by atoms with E-state index in [-0.39, 0.29) is 6.54 Å². The van der Waals surface area contributed by atoms with Gasteiger partial charge in [-0.15, -0.1) is 0 Å². The van der Waals surface area contributed by atoms with Crippen molar-refractivity contribution < 1.29 is 8.42 Å². The SMILES string of the molecule is Cc1ccc(C)c(S(=O)(=O)N(C)Cc2ccn(C)n2)c1. The van der Waals surface area contributed by atoms with E-state index in [1.165, 1.54) is 4.31 Å². The Morgan fingerprint density at radius 1 is 1.25 bits per heavy atom. The summed E-state index contributed by atoms with van der Waals surface area (Å²) < 4.78 is 28.2. The molecule has 0 saturated carbocycles. The van der Waals surface area contributed by atoms with Gasteiger partial charge < -0.3 is 0 Å². The Morgan fingerprint density at radius 3 is 2.55 bits per heavy atom. The minimum atomic E-state index is -3.50. The largest absolute Gasteiger partial charge is 0.276 e. The van der Waals surface area contributed by atoms with Crippen LogP contribution in [0.5, 0.6) is 0 Å². The molecule has 20 heavy (non-hydrogen) atoms. The highest BCUT2D eigenvalue weighted by Crippen LogP contribution is 2.21. The van der Waals surface area contributed by atoms with Crippen LogP contribution >= 0.6 is 0 Å². The topological polar surface area (TPSA) is 55.2 Å². The van der Waals surface area contributed by atoms with Gasteiger partial charge in [0.05, 0.1) is 17.1 Å². The predicted molar refractivity (Wildman–Crippen MR) is 77.8 cm³/mol. The van der Waals surface area contributed by atoms with Crippen LogP contribution in [0.4, 0.5) is 0 Å². The maximum atomic E-state index is 12.6. The van der Waals surface area contributed by atoms with Crippen LogP contribution in [-0.2, 0) is 23.6 Å². The molecule has 6 heteroatoms. The van der Waals surface area contributed by atoms with Gasteiger partial charge in [-0.1, -0.05) is 12.1 Å². The van der Waals surface area contributed by atoms with Gasteiger partial charge in [-0.3, -0.25) is 4.68 Å². The van der Waals surface area contributed by atoms with Crippen molar-refractivity contribution in [3.8, 4) is 0 Å². The first-order valence-electron chi connectivity index (χ1n) is 6.33. The van der Waals surface area contributed by atoms with E-state index in [2.05, 4.69) is 5.10 Å². The number of sulfonamides is 1. The van der Waals surface area contributed by atoms with Crippen LogP contribution in [0.25, 0.3) is 0 Å². The molecule has 2 aromatic rings. The lowest BCUT2D eigenvalue weighted by molar-refractivity contribution is 0.459. The first-order chi connectivity index (χ1) is 9.30. The van der Waals surface area contributed by atoms with Crippen LogP contribution in [-0.4, -0.2) is 29.6 Å². The molecule has 1 aromatic carbocycles. The van der Waals surface area contributed by atoms with Gasteiger partial charge >= 0.3 is 0 Å². The first-order valence-corrected chi connectivity index (χ1v) is 7.77. The minimum Gasteiger partial charge on any atom is -0.276 e. The fourth-order valence-electron chi connectivity index (χ4n) is 2.01. The smallest absolute Gasteiger partial charge is 0.243 e. The summed E-state index contributed by atoms with van der Waals surface area (Å²) in [5, 5.41) is 4.21. The van der Waals surface area contributed by atoms with Gasteiger partial charge in [-0.25, -0.2) is 8.42 Å². The number of nitrogens with zero attached hydrogens (tertiary/aromatic N) is 3. The summed E-state index contributed by atoms with van der Waals surface area (Å²) in [4.78, 5) is 0.357. The standard InChI is InChI=1S/C14H19N3O2S/c1-11-5-6-12(2)14(9-11)20(18,19)17(4)10-13-7-8-16(3)15-13/h5-9H,10H2,1-4H3. The lowest BCUT2D eigenvalue weighted by Gasteiger charge is -2.18. The fourth-order valence-corrected chi connectivity index (χ4v) is 3.46. The maximum Gasteiger partial charge on any atom is 0.243 e. The molecule has 0 aliphatic carbocycles. The third-order valence-electron chi connectivity index (χ3n) is 3.19. The van der Waals surface area contributed by atoms with Crippen LogP contribution in [0, 0.1) is 13.8 Å². The van der Waals surface area contributed by atoms with E-state index >= 15 is 0 Å². The second-order valence-electron chi connectivity index (χ2n) is 5.01. The molecule has 0 spiro atoms. The summed E-state index contributed by atoms with van der Waals surface area (Å²) in [7, 11) is -0.114. The summed E-state index contributed by atoms with van der Waals surface area (Å²) in [6.07, 6.45) is 1.80. The fraction of sp³-hybridized carbons (Fsp3) is 0.357. The third kappa shape index (κ3) is 2.91. The number of hydrogen-bond donors (Lipinski definition) is 0. The molecule has 0 bridgehead atoms. The van der Waals surface area contributed by atoms with Crippen molar-refractivity contribution in [2.24, 2.45) is 7.05 Å². The first kappa shape index (κ1) is 14.7. The molecule has 1 heterocycles. The van der Waals surface area contributed by atoms with Gasteiger partial charge in [0, 0.05) is 20.3 Å². The Morgan fingerprint density at radius 2 is 1.95 bits per heavy atom. The molecule has 0 N–H and O–H groups in total. The molecule has 1 aromatic heterocycles. The summed E-state index contributed by atoms with van der Waals surface area (Å²) in [6, 6.07) is 7.26. The van der Waals surface area contributed by atoms with Gasteiger partial charge in [0.1, 0.15) is 0 Å². The molecular formula is C14H19N3O2S. The molecule has 0 unspecified atom stereocenters. The Labute approximate surface area is 119 Å². The molecule has 0 aliphatic heterocycles. The Bertz CT molecular complexity index is 720. The minimum absolute atomic E-state index is 0.260. The molecule has 0 fully saturated rings. The highest BCUT2D eigenvalue weighted by atomic mass is 32.2. The van der Waals surface area contributed by atoms with Crippen molar-refractivity contribution in [1.82, 2.24) is 14.1 Å². The quantitative estimate of drug-likeness (QED) is 0.864. The van der Waals surface area contributed by atoms with Crippen molar-refractivity contribution in [2.45, 2.75) is 25.3 Å². The summed E-state index contributed by atoms with van der Waals surface area (Å²) in [5.41, 5.74) is 2.41. The van der Waals surface area contributed by atoms with Gasteiger partial charge in [0.25, 0.3) is 0 Å². The van der Waals surface area contributed by atoms with E-state index in [0.717, 1.165) is 16.8 Å². The molecule has 5 nitrogen and oxygen atoms in total. The van der Waals surface area contributed by atoms with E-state index in [0.29, 0.717) is 4.90 Å². The molecule has 2 rings (SSSR count). The monoisotopic (exact) mass is 293 g/mol. The van der Waals surface area contributed by atoms with Crippen molar-refractivity contribution in [2.75, 3.05) is 7.05 Å². The van der Waals surface area contributed by atoms with Crippen molar-refractivity contribution in [3.05, 3.63) is 47.3 Å². The second kappa shape index (κ2) is 5.38. The average molecular weight is 293 g/mol. The highest BCUT2D eigenvalue weighted by Gasteiger charge is 2.23. The van der Waals surface area contributed by atoms with E-state index in [9.17, 15) is 8.42 Å². The normalized spacial score (nSPS) is 12.1. The second-order valence-corrected chi connectivity index (χ2v) is 7.02. The van der Waals surface area contributed by atoms with Gasteiger partial charge in [0.15, 0.2) is 0 Å². The van der Waals surface area contributed by atoms with Crippen LogP contribution in [0.3, 0.4) is 0 Å². The predicted octanol–water partition coefficient (Wildman–Crippen LogP) is 1.86. The number of rotatable bonds is 4. The lowest BCUT2D eigenvalue weighted by Crippen LogP contribution is -2.27. The van der Waals surface area contributed by atoms with Crippen molar-refractivity contribution in [3.63, 3.8) is 0 Å². The number of aryl methyl sites for hydroxylation is 3. The summed E-state index contributed by atoms with van der Waals surface area (Å²) >= 11 is 0. The zero-order valence-electron chi connectivity index (χ0n) is 12.2. The van der Waals surface area contributed by atoms with E-state index < -0.39 is 10.0 Å². The van der Waals surface area contributed by atoms with Crippen LogP contribution in [0.2, 0.25) is 0 Å². The van der Waals surface area contributed by atoms with E-state index in [4.69, 9.17) is 0 Å². The zero-order valence-corrected chi connectivity index (χ0v) is 13.0. The lowest BCUT2D eigenvalue weighted by atomic mass is 10.2. The van der Waals surface area contributed by atoms with Gasteiger partial charge in [-0.05, 0) is 37.1 Å². The highest BCUT2D eigenvalue weighted by molar-refractivity contribution is 7.89. The van der Waals surface area contributed by atoms with E-state index in [1.54, 1.807) is 30.9 Å². The van der Waals surface area contributed by atoms with Crippen molar-refractivity contribution in [1.29, 1.82) is 0 Å². The Hall–Kier alpha value is -1.66. The van der Waals surface area contributed by atoms with Crippen molar-refractivity contribution >= 4 is 10.0 Å². The Balaban J connectivity index is 2.32. The van der Waals surface area contributed by atoms with E-state index in [1.807, 2.05) is 32.2 Å². The molecule has 0 atom stereocenters. The molecule has 0 radical (unpaired) electrons. The van der Waals surface area contributed by atoms with Crippen LogP contribution < -0.4 is 0 Å². The van der Waals surface area contributed by atoms with Gasteiger partial charge in [-0.2, -0.15) is 9.40 Å². The number of aromatic nitrogens is 2. The zero-order chi connectivity index (χ0) is 14.9. The molecule has 108 valence electrons. The molecule has 0 amide bonds. The summed E-state index contributed by atoms with van der Waals surface area (Å²) in [5.74, 6) is 0. The average Bonchev–Trinajstić information content (AvgIpc) is 2.77.